The van der Waals surface area contributed by atoms with Crippen molar-refractivity contribution in [3.63, 3.8) is 0 Å². The van der Waals surface area contributed by atoms with Crippen molar-refractivity contribution in [1.82, 2.24) is 0 Å². The molecule has 68 heavy (non-hydrogen) atoms. The van der Waals surface area contributed by atoms with E-state index < -0.39 is 99.2 Å². The second kappa shape index (κ2) is 25.3. The minimum atomic E-state index is -1.63. The monoisotopic (exact) mass is 969 g/mol. The Morgan fingerprint density at radius 2 is 1.37 bits per heavy atom. The SMILES string of the molecule is CCCOCOC(=O)C(C)(CC)CC(C)(CC1(CC(C)(CC(C)C(=O)OC2(CC)CCCC2)C(=O)OC2CCOC2=O)CC(C)OC1=O)C(=O)OC(C)OCCCOC(C)OC(=O)C(C)(C)CC. The number of hydrogen-bond acceptors (Lipinski definition) is 17. The molecule has 17 heteroatoms. The Morgan fingerprint density at radius 3 is 1.88 bits per heavy atom. The lowest BCUT2D eigenvalue weighted by Crippen LogP contribution is -2.48. The molecule has 0 N–H and O–H groups in total. The number of ether oxygens (including phenoxy) is 10. The third kappa shape index (κ3) is 15.8. The molecule has 2 heterocycles. The van der Waals surface area contributed by atoms with Crippen LogP contribution in [0.25, 0.3) is 0 Å². The second-order valence-corrected chi connectivity index (χ2v) is 21.1. The molecule has 0 bridgehead atoms. The van der Waals surface area contributed by atoms with Crippen LogP contribution in [0, 0.1) is 33.0 Å². The molecule has 0 radical (unpaired) electrons. The lowest BCUT2D eigenvalue weighted by atomic mass is 9.59. The number of cyclic esters (lactones) is 2. The summed E-state index contributed by atoms with van der Waals surface area (Å²) in [5.74, 6) is -5.30. The first-order valence-electron chi connectivity index (χ1n) is 25.0. The molecule has 9 unspecified atom stereocenters. The predicted octanol–water partition coefficient (Wildman–Crippen LogP) is 8.62. The van der Waals surface area contributed by atoms with E-state index in [4.69, 9.17) is 47.4 Å². The summed E-state index contributed by atoms with van der Waals surface area (Å²) in [4.78, 5) is 96.9. The summed E-state index contributed by atoms with van der Waals surface area (Å²) in [6.45, 7) is 23.1. The van der Waals surface area contributed by atoms with Crippen molar-refractivity contribution < 1.29 is 80.9 Å². The van der Waals surface area contributed by atoms with Gasteiger partial charge in [0.1, 0.15) is 11.7 Å². The maximum Gasteiger partial charge on any atom is 0.347 e. The Bertz CT molecular complexity index is 1720. The number of carbonyl (C=O) groups excluding carboxylic acids is 7. The van der Waals surface area contributed by atoms with Gasteiger partial charge in [-0.25, -0.2) is 4.79 Å². The van der Waals surface area contributed by atoms with Gasteiger partial charge in [-0.15, -0.1) is 0 Å². The van der Waals surface area contributed by atoms with E-state index in [-0.39, 0.29) is 77.5 Å². The standard InChI is InChI=1S/C51H84O17/c1-14-24-59-33-63-42(55)47(11,16-3)30-49(13,44(57)66-37(8)61-26-20-25-60-36(7)65-41(54)46(9,10)15-2)32-50(29-35(6)64-45(50)58)31-48(12,43(56)67-38-21-27-62-40(38)53)28-34(5)39(52)68-51(17-4)22-18-19-23-51/h34-38H,14-33H2,1-13H3. The fraction of sp³-hybridized carbons (Fsp3) is 0.863. The predicted molar refractivity (Wildman–Crippen MR) is 247 cm³/mol. The molecule has 1 saturated carbocycles. The highest BCUT2D eigenvalue weighted by atomic mass is 16.7. The van der Waals surface area contributed by atoms with E-state index in [1.165, 1.54) is 0 Å². The summed E-state index contributed by atoms with van der Waals surface area (Å²) in [6, 6.07) is 0. The molecule has 2 aliphatic heterocycles. The molecule has 9 atom stereocenters. The zero-order valence-electron chi connectivity index (χ0n) is 43.5. The maximum absolute atomic E-state index is 14.8. The Kier molecular flexibility index (Phi) is 21.8. The molecular weight excluding hydrogens is 885 g/mol. The topological polar surface area (TPSA) is 212 Å². The fourth-order valence-corrected chi connectivity index (χ4v) is 9.79. The molecule has 0 aromatic heterocycles. The molecule has 1 aliphatic carbocycles. The summed E-state index contributed by atoms with van der Waals surface area (Å²) in [5.41, 5.74) is -7.38. The van der Waals surface area contributed by atoms with Crippen molar-refractivity contribution in [2.24, 2.45) is 33.0 Å². The Balaban J connectivity index is 1.99. The van der Waals surface area contributed by atoms with Crippen LogP contribution in [0.15, 0.2) is 0 Å². The Hall–Kier alpha value is -3.83. The Morgan fingerprint density at radius 1 is 0.765 bits per heavy atom. The second-order valence-electron chi connectivity index (χ2n) is 21.1. The zero-order chi connectivity index (χ0) is 51.1. The first kappa shape index (κ1) is 58.5. The molecule has 3 rings (SSSR count). The first-order valence-corrected chi connectivity index (χ1v) is 25.0. The summed E-state index contributed by atoms with van der Waals surface area (Å²) in [6.07, 6.45) is 1.57. The summed E-state index contributed by atoms with van der Waals surface area (Å²) in [5, 5.41) is 0. The van der Waals surface area contributed by atoms with Gasteiger partial charge in [-0.2, -0.15) is 0 Å². The zero-order valence-corrected chi connectivity index (χ0v) is 43.5. The molecule has 0 spiro atoms. The van der Waals surface area contributed by atoms with Crippen LogP contribution in [0.3, 0.4) is 0 Å². The number of carbonyl (C=O) groups is 7. The van der Waals surface area contributed by atoms with Crippen LogP contribution in [0.1, 0.15) is 186 Å². The highest BCUT2D eigenvalue weighted by Gasteiger charge is 2.60. The minimum Gasteiger partial charge on any atom is -0.463 e. The highest BCUT2D eigenvalue weighted by molar-refractivity contribution is 5.87. The van der Waals surface area contributed by atoms with Gasteiger partial charge in [0.05, 0.1) is 59.4 Å². The van der Waals surface area contributed by atoms with Crippen LogP contribution < -0.4 is 0 Å². The van der Waals surface area contributed by atoms with Gasteiger partial charge >= 0.3 is 41.8 Å². The van der Waals surface area contributed by atoms with Crippen molar-refractivity contribution in [3.8, 4) is 0 Å². The molecular formula is C51H84O17. The van der Waals surface area contributed by atoms with E-state index in [1.807, 2.05) is 20.8 Å². The first-order chi connectivity index (χ1) is 31.8. The van der Waals surface area contributed by atoms with Crippen molar-refractivity contribution in [2.75, 3.05) is 33.2 Å². The van der Waals surface area contributed by atoms with E-state index >= 15 is 0 Å². The molecule has 3 fully saturated rings. The van der Waals surface area contributed by atoms with E-state index in [9.17, 15) is 33.6 Å². The van der Waals surface area contributed by atoms with Crippen molar-refractivity contribution in [3.05, 3.63) is 0 Å². The fourth-order valence-electron chi connectivity index (χ4n) is 9.79. The molecule has 17 nitrogen and oxygen atoms in total. The van der Waals surface area contributed by atoms with E-state index in [0.29, 0.717) is 32.3 Å². The maximum atomic E-state index is 14.8. The summed E-state index contributed by atoms with van der Waals surface area (Å²) >= 11 is 0. The molecule has 0 aromatic carbocycles. The number of hydrogen-bond donors (Lipinski definition) is 0. The van der Waals surface area contributed by atoms with Crippen LogP contribution in [0.2, 0.25) is 0 Å². The van der Waals surface area contributed by atoms with Crippen LogP contribution >= 0.6 is 0 Å². The number of rotatable bonds is 30. The van der Waals surface area contributed by atoms with Gasteiger partial charge in [0.2, 0.25) is 6.10 Å². The smallest absolute Gasteiger partial charge is 0.347 e. The molecule has 2 saturated heterocycles. The molecule has 0 amide bonds. The summed E-state index contributed by atoms with van der Waals surface area (Å²) < 4.78 is 57.0. The number of esters is 7. The van der Waals surface area contributed by atoms with Gasteiger partial charge in [-0.05, 0) is 139 Å². The van der Waals surface area contributed by atoms with Crippen LogP contribution in [-0.2, 0) is 80.9 Å². The van der Waals surface area contributed by atoms with Crippen molar-refractivity contribution >= 4 is 41.8 Å². The van der Waals surface area contributed by atoms with Crippen LogP contribution in [-0.4, -0.2) is 105 Å². The summed E-state index contributed by atoms with van der Waals surface area (Å²) in [7, 11) is 0. The third-order valence-corrected chi connectivity index (χ3v) is 14.3. The minimum absolute atomic E-state index is 0.0642. The average Bonchev–Trinajstić information content (AvgIpc) is 3.99. The third-order valence-electron chi connectivity index (χ3n) is 14.3. The molecule has 3 aliphatic rings. The molecule has 390 valence electrons. The largest absolute Gasteiger partial charge is 0.463 e. The van der Waals surface area contributed by atoms with Crippen LogP contribution in [0.5, 0.6) is 0 Å². The van der Waals surface area contributed by atoms with Gasteiger partial charge in [0, 0.05) is 12.8 Å². The van der Waals surface area contributed by atoms with Crippen LogP contribution in [0.4, 0.5) is 0 Å². The van der Waals surface area contributed by atoms with Crippen molar-refractivity contribution in [1.29, 1.82) is 0 Å². The quantitative estimate of drug-likeness (QED) is 0.0285. The molecule has 0 aromatic rings. The van der Waals surface area contributed by atoms with E-state index in [0.717, 1.165) is 25.7 Å². The highest BCUT2D eigenvalue weighted by Crippen LogP contribution is 2.55. The van der Waals surface area contributed by atoms with Gasteiger partial charge in [-0.1, -0.05) is 34.6 Å². The lowest BCUT2D eigenvalue weighted by Gasteiger charge is -2.43. The van der Waals surface area contributed by atoms with E-state index in [2.05, 4.69) is 0 Å². The van der Waals surface area contributed by atoms with Gasteiger partial charge in [0.25, 0.3) is 0 Å². The lowest BCUT2D eigenvalue weighted by molar-refractivity contribution is -0.194. The average molecular weight is 969 g/mol. The normalized spacial score (nSPS) is 24.2. The Labute approximate surface area is 404 Å². The van der Waals surface area contributed by atoms with Gasteiger partial charge in [-0.3, -0.25) is 28.8 Å². The van der Waals surface area contributed by atoms with Gasteiger partial charge in [0.15, 0.2) is 19.4 Å². The van der Waals surface area contributed by atoms with Crippen molar-refractivity contribution in [2.45, 2.75) is 217 Å². The van der Waals surface area contributed by atoms with E-state index in [1.54, 1.807) is 69.2 Å². The van der Waals surface area contributed by atoms with Gasteiger partial charge < -0.3 is 47.4 Å².